The van der Waals surface area contributed by atoms with E-state index in [4.69, 9.17) is 18.9 Å². The van der Waals surface area contributed by atoms with Crippen molar-refractivity contribution in [2.24, 2.45) is 0 Å². The van der Waals surface area contributed by atoms with Crippen molar-refractivity contribution in [2.75, 3.05) is 35.0 Å². The van der Waals surface area contributed by atoms with E-state index in [-0.39, 0.29) is 11.3 Å². The number of carbonyl (C=O) groups excluding carboxylic acids is 1. The Kier molecular flexibility index (Phi) is 7.80. The number of hydrogen-bond acceptors (Lipinski definition) is 7. The number of ether oxygens (including phenoxy) is 4. The van der Waals surface area contributed by atoms with Crippen LogP contribution >= 0.6 is 11.3 Å². The van der Waals surface area contributed by atoms with Crippen LogP contribution in [-0.4, -0.2) is 45.9 Å². The fourth-order valence-corrected chi connectivity index (χ4v) is 5.57. The molecule has 0 atom stereocenters. The fraction of sp³-hybridized carbons (Fsp3) is 0.407. The van der Waals surface area contributed by atoms with Gasteiger partial charge in [-0.05, 0) is 48.2 Å². The molecule has 1 N–H and O–H groups in total. The highest BCUT2D eigenvalue weighted by molar-refractivity contribution is 7.09. The number of aromatic nitrogens is 1. The van der Waals surface area contributed by atoms with Crippen LogP contribution in [0.3, 0.4) is 0 Å². The first-order valence-electron chi connectivity index (χ1n) is 11.7. The number of methoxy groups -OCH3 is 4. The molecule has 8 heteroatoms. The number of rotatable bonds is 10. The Balaban J connectivity index is 1.48. The predicted octanol–water partition coefficient (Wildman–Crippen LogP) is 5.01. The highest BCUT2D eigenvalue weighted by Crippen LogP contribution is 2.47. The van der Waals surface area contributed by atoms with Gasteiger partial charge in [0.1, 0.15) is 11.4 Å². The summed E-state index contributed by atoms with van der Waals surface area (Å²) in [5.41, 5.74) is 2.48. The van der Waals surface area contributed by atoms with E-state index in [1.54, 1.807) is 28.4 Å². The second kappa shape index (κ2) is 11.0. The van der Waals surface area contributed by atoms with Gasteiger partial charge in [0, 0.05) is 23.8 Å². The average Bonchev–Trinajstić information content (AvgIpc) is 3.57. The quantitative estimate of drug-likeness (QED) is 0.425. The van der Waals surface area contributed by atoms with Crippen LogP contribution in [0.5, 0.6) is 23.0 Å². The molecule has 186 valence electrons. The summed E-state index contributed by atoms with van der Waals surface area (Å²) in [4.78, 5) is 17.6. The van der Waals surface area contributed by atoms with Gasteiger partial charge < -0.3 is 24.3 Å². The smallest absolute Gasteiger partial charge is 0.270 e. The van der Waals surface area contributed by atoms with Gasteiger partial charge in [-0.15, -0.1) is 11.3 Å². The minimum atomic E-state index is -0.190. The number of thiazole rings is 1. The van der Waals surface area contributed by atoms with Crippen molar-refractivity contribution < 1.29 is 23.7 Å². The van der Waals surface area contributed by atoms with Crippen molar-refractivity contribution in [3.63, 3.8) is 0 Å². The van der Waals surface area contributed by atoms with Crippen molar-refractivity contribution in [1.29, 1.82) is 0 Å². The zero-order valence-corrected chi connectivity index (χ0v) is 21.5. The molecule has 0 saturated heterocycles. The van der Waals surface area contributed by atoms with E-state index in [1.165, 1.54) is 11.3 Å². The van der Waals surface area contributed by atoms with Crippen molar-refractivity contribution in [2.45, 2.75) is 37.5 Å². The Bertz CT molecular complexity index is 1130. The maximum atomic E-state index is 13.0. The third-order valence-corrected chi connectivity index (χ3v) is 7.57. The second-order valence-corrected chi connectivity index (χ2v) is 9.68. The van der Waals surface area contributed by atoms with Crippen molar-refractivity contribution in [3.05, 3.63) is 63.6 Å². The van der Waals surface area contributed by atoms with E-state index in [1.807, 2.05) is 41.8 Å². The van der Waals surface area contributed by atoms with Crippen LogP contribution in [0.2, 0.25) is 0 Å². The maximum absolute atomic E-state index is 13.0. The first-order valence-corrected chi connectivity index (χ1v) is 12.6. The predicted molar refractivity (Wildman–Crippen MR) is 136 cm³/mol. The number of nitrogens with zero attached hydrogens (tertiary/aromatic N) is 1. The molecule has 0 radical (unpaired) electrons. The molecule has 4 rings (SSSR count). The lowest BCUT2D eigenvalue weighted by Gasteiger charge is -2.31. The fourth-order valence-electron chi connectivity index (χ4n) is 4.76. The Morgan fingerprint density at radius 1 is 0.971 bits per heavy atom. The Hall–Kier alpha value is -3.26. The first kappa shape index (κ1) is 24.9. The Morgan fingerprint density at radius 3 is 2.20 bits per heavy atom. The monoisotopic (exact) mass is 496 g/mol. The molecule has 3 aromatic rings. The summed E-state index contributed by atoms with van der Waals surface area (Å²) in [6.45, 7) is 0.524. The normalized spacial score (nSPS) is 14.4. The molecule has 0 aliphatic heterocycles. The highest BCUT2D eigenvalue weighted by Gasteiger charge is 2.37. The lowest BCUT2D eigenvalue weighted by Crippen LogP contribution is -2.39. The zero-order chi connectivity index (χ0) is 24.8. The van der Waals surface area contributed by atoms with Crippen LogP contribution in [0.25, 0.3) is 0 Å². The van der Waals surface area contributed by atoms with Crippen molar-refractivity contribution in [1.82, 2.24) is 10.3 Å². The number of amides is 1. The van der Waals surface area contributed by atoms with Gasteiger partial charge in [0.25, 0.3) is 5.91 Å². The van der Waals surface area contributed by atoms with Gasteiger partial charge in [-0.25, -0.2) is 4.98 Å². The van der Waals surface area contributed by atoms with E-state index >= 15 is 0 Å². The molecule has 0 unspecified atom stereocenters. The zero-order valence-electron chi connectivity index (χ0n) is 20.7. The van der Waals surface area contributed by atoms with Gasteiger partial charge in [-0.2, -0.15) is 0 Å². The van der Waals surface area contributed by atoms with Gasteiger partial charge in [0.15, 0.2) is 11.5 Å². The van der Waals surface area contributed by atoms with Crippen LogP contribution in [0.1, 0.15) is 52.3 Å². The molecule has 2 aromatic carbocycles. The molecule has 1 aliphatic carbocycles. The summed E-state index contributed by atoms with van der Waals surface area (Å²) >= 11 is 1.50. The average molecular weight is 497 g/mol. The molecule has 1 aliphatic rings. The minimum Gasteiger partial charge on any atom is -0.497 e. The summed E-state index contributed by atoms with van der Waals surface area (Å²) in [6.07, 6.45) is 4.85. The van der Waals surface area contributed by atoms with Crippen LogP contribution in [0.15, 0.2) is 41.8 Å². The molecule has 0 bridgehead atoms. The molecule has 1 heterocycles. The summed E-state index contributed by atoms with van der Waals surface area (Å²) < 4.78 is 21.9. The van der Waals surface area contributed by atoms with Crippen molar-refractivity contribution >= 4 is 17.2 Å². The Morgan fingerprint density at radius 2 is 1.63 bits per heavy atom. The second-order valence-electron chi connectivity index (χ2n) is 8.74. The van der Waals surface area contributed by atoms with Gasteiger partial charge in [0.2, 0.25) is 5.75 Å². The van der Waals surface area contributed by atoms with Crippen molar-refractivity contribution in [3.8, 4) is 23.0 Å². The minimum absolute atomic E-state index is 0.152. The van der Waals surface area contributed by atoms with Gasteiger partial charge >= 0.3 is 0 Å². The summed E-state index contributed by atoms with van der Waals surface area (Å²) in [7, 11) is 6.49. The lowest BCUT2D eigenvalue weighted by atomic mass is 9.78. The number of benzene rings is 2. The highest BCUT2D eigenvalue weighted by atomic mass is 32.1. The third-order valence-electron chi connectivity index (χ3n) is 6.72. The van der Waals surface area contributed by atoms with Gasteiger partial charge in [-0.1, -0.05) is 25.0 Å². The maximum Gasteiger partial charge on any atom is 0.270 e. The molecule has 1 amide bonds. The van der Waals surface area contributed by atoms with Crippen LogP contribution in [-0.2, 0) is 11.8 Å². The van der Waals surface area contributed by atoms with E-state index in [9.17, 15) is 4.79 Å². The van der Waals surface area contributed by atoms with E-state index < -0.39 is 0 Å². The third kappa shape index (κ3) is 5.37. The van der Waals surface area contributed by atoms with Crippen LogP contribution in [0.4, 0.5) is 0 Å². The number of hydrogen-bond donors (Lipinski definition) is 1. The first-order chi connectivity index (χ1) is 17.0. The standard InChI is InChI=1S/C27H32N2O5S/c1-31-20-9-7-18(8-10-20)13-24-29-21(16-35-24)26(30)28-17-27(11-5-6-12-27)19-14-22(32-2)25(34-4)23(15-19)33-3/h7-10,14-16H,5-6,11-13,17H2,1-4H3,(H,28,30). The summed E-state index contributed by atoms with van der Waals surface area (Å²) in [5.74, 6) is 2.49. The van der Waals surface area contributed by atoms with Crippen LogP contribution < -0.4 is 24.3 Å². The molecule has 1 aromatic heterocycles. The molecular weight excluding hydrogens is 464 g/mol. The number of nitrogens with one attached hydrogen (secondary N) is 1. The SMILES string of the molecule is COc1ccc(Cc2nc(C(=O)NCC3(c4cc(OC)c(OC)c(OC)c4)CCCC3)cs2)cc1. The number of carbonyl (C=O) groups is 1. The van der Waals surface area contributed by atoms with Gasteiger partial charge in [-0.3, -0.25) is 4.79 Å². The Labute approximate surface area is 210 Å². The van der Waals surface area contributed by atoms with E-state index in [0.29, 0.717) is 35.9 Å². The summed E-state index contributed by atoms with van der Waals surface area (Å²) in [6, 6.07) is 11.9. The topological polar surface area (TPSA) is 78.9 Å². The van der Waals surface area contributed by atoms with Crippen LogP contribution in [0, 0.1) is 0 Å². The molecule has 0 spiro atoms. The molecule has 1 fully saturated rings. The molecule has 35 heavy (non-hydrogen) atoms. The van der Waals surface area contributed by atoms with E-state index in [2.05, 4.69) is 10.3 Å². The molecule has 1 saturated carbocycles. The molecule has 7 nitrogen and oxygen atoms in total. The largest absolute Gasteiger partial charge is 0.497 e. The molecular formula is C27H32N2O5S. The van der Waals surface area contributed by atoms with Gasteiger partial charge in [0.05, 0.1) is 33.4 Å². The summed E-state index contributed by atoms with van der Waals surface area (Å²) in [5, 5.41) is 5.88. The van der Waals surface area contributed by atoms with E-state index in [0.717, 1.165) is 47.6 Å². The lowest BCUT2D eigenvalue weighted by molar-refractivity contribution is 0.0938.